The van der Waals surface area contributed by atoms with Gasteiger partial charge in [0, 0.05) is 47.0 Å². The first kappa shape index (κ1) is 31.0. The highest BCUT2D eigenvalue weighted by atomic mass is 32.2. The second-order valence-corrected chi connectivity index (χ2v) is 14.4. The normalized spacial score (nSPS) is 12.6. The van der Waals surface area contributed by atoms with Crippen LogP contribution in [0, 0.1) is 0 Å². The molecule has 2 nitrogen and oxygen atoms in total. The molecule has 0 saturated carbocycles. The van der Waals surface area contributed by atoms with E-state index in [1.165, 1.54) is 25.9 Å². The first-order valence-corrected chi connectivity index (χ1v) is 18.0. The van der Waals surface area contributed by atoms with Gasteiger partial charge in [0.15, 0.2) is 5.78 Å². The number of carbonyl (C=O) groups excluding carboxylic acids is 1. The zero-order valence-corrected chi connectivity index (χ0v) is 28.2. The molecular weight excluding hydrogens is 637 g/mol. The van der Waals surface area contributed by atoms with Crippen LogP contribution in [0.15, 0.2) is 186 Å². The lowest BCUT2D eigenvalue weighted by Crippen LogP contribution is -2.06. The van der Waals surface area contributed by atoms with Gasteiger partial charge in [-0.25, -0.2) is 0 Å². The quantitative estimate of drug-likeness (QED) is 0.123. The number of hydrogen-bond donors (Lipinski definition) is 1. The molecule has 236 valence electrons. The molecule has 4 heteroatoms. The molecule has 1 heterocycles. The Morgan fingerprint density at radius 3 is 1.76 bits per heavy atom. The van der Waals surface area contributed by atoms with Gasteiger partial charge >= 0.3 is 0 Å². The Morgan fingerprint density at radius 1 is 0.469 bits per heavy atom. The van der Waals surface area contributed by atoms with E-state index in [9.17, 15) is 9.90 Å². The molecule has 2 unspecified atom stereocenters. The largest absolute Gasteiger partial charge is 0.384 e. The van der Waals surface area contributed by atoms with E-state index in [0.717, 1.165) is 31.9 Å². The SMILES string of the molecule is O=C(c1ccccc1)c1ccc2sc3ccc(Sc4cccc(C(c5ccccc5)c5cccc(C(O)c6ccccc6)c5)c4)cc3c2c1. The van der Waals surface area contributed by atoms with Crippen LogP contribution in [-0.4, -0.2) is 10.9 Å². The Balaban J connectivity index is 1.13. The molecule has 0 spiro atoms. The predicted molar refractivity (Wildman–Crippen MR) is 204 cm³/mol. The van der Waals surface area contributed by atoms with Gasteiger partial charge in [0.25, 0.3) is 0 Å². The minimum atomic E-state index is -0.699. The summed E-state index contributed by atoms with van der Waals surface area (Å²) in [6.45, 7) is 0. The molecule has 7 aromatic carbocycles. The van der Waals surface area contributed by atoms with Crippen molar-refractivity contribution in [3.63, 3.8) is 0 Å². The minimum Gasteiger partial charge on any atom is -0.384 e. The van der Waals surface area contributed by atoms with Crippen LogP contribution in [0.3, 0.4) is 0 Å². The fourth-order valence-corrected chi connectivity index (χ4v) is 8.56. The van der Waals surface area contributed by atoms with Gasteiger partial charge in [-0.3, -0.25) is 4.79 Å². The Bertz CT molecular complexity index is 2400. The maximum absolute atomic E-state index is 13.3. The van der Waals surface area contributed by atoms with Crippen LogP contribution in [0.2, 0.25) is 0 Å². The summed E-state index contributed by atoms with van der Waals surface area (Å²) in [6.07, 6.45) is -0.699. The lowest BCUT2D eigenvalue weighted by atomic mass is 9.84. The van der Waals surface area contributed by atoms with Crippen molar-refractivity contribution in [2.24, 2.45) is 0 Å². The Morgan fingerprint density at radius 2 is 1.02 bits per heavy atom. The summed E-state index contributed by atoms with van der Waals surface area (Å²) in [4.78, 5) is 15.5. The Labute approximate surface area is 294 Å². The maximum atomic E-state index is 13.3. The molecule has 0 bridgehead atoms. The lowest BCUT2D eigenvalue weighted by Gasteiger charge is -2.21. The lowest BCUT2D eigenvalue weighted by molar-refractivity contribution is 0.103. The minimum absolute atomic E-state index is 0.00598. The molecule has 0 radical (unpaired) electrons. The van der Waals surface area contributed by atoms with Gasteiger partial charge < -0.3 is 5.11 Å². The highest BCUT2D eigenvalue weighted by Gasteiger charge is 2.20. The van der Waals surface area contributed by atoms with Crippen LogP contribution in [-0.2, 0) is 0 Å². The van der Waals surface area contributed by atoms with Crippen molar-refractivity contribution in [1.82, 2.24) is 0 Å². The van der Waals surface area contributed by atoms with E-state index in [0.29, 0.717) is 11.1 Å². The average molecular weight is 669 g/mol. The van der Waals surface area contributed by atoms with Crippen molar-refractivity contribution in [2.45, 2.75) is 21.8 Å². The van der Waals surface area contributed by atoms with Crippen LogP contribution in [0.5, 0.6) is 0 Å². The third kappa shape index (κ3) is 6.47. The first-order valence-electron chi connectivity index (χ1n) is 16.3. The van der Waals surface area contributed by atoms with Gasteiger partial charge in [-0.2, -0.15) is 0 Å². The Hall–Kier alpha value is -5.26. The van der Waals surface area contributed by atoms with Crippen LogP contribution in [0.4, 0.5) is 0 Å². The van der Waals surface area contributed by atoms with Crippen LogP contribution < -0.4 is 0 Å². The molecule has 0 fully saturated rings. The van der Waals surface area contributed by atoms with Crippen molar-refractivity contribution in [2.75, 3.05) is 0 Å². The number of thiophene rings is 1. The van der Waals surface area contributed by atoms with Crippen molar-refractivity contribution in [1.29, 1.82) is 0 Å². The predicted octanol–water partition coefficient (Wildman–Crippen LogP) is 11.7. The van der Waals surface area contributed by atoms with E-state index >= 15 is 0 Å². The second kappa shape index (κ2) is 13.7. The van der Waals surface area contributed by atoms with E-state index in [4.69, 9.17) is 0 Å². The number of aliphatic hydroxyl groups is 1. The van der Waals surface area contributed by atoms with E-state index in [2.05, 4.69) is 84.9 Å². The van der Waals surface area contributed by atoms with E-state index in [1.54, 1.807) is 23.1 Å². The summed E-state index contributed by atoms with van der Waals surface area (Å²) in [7, 11) is 0. The topological polar surface area (TPSA) is 37.3 Å². The van der Waals surface area contributed by atoms with E-state index in [-0.39, 0.29) is 11.7 Å². The summed E-state index contributed by atoms with van der Waals surface area (Å²) < 4.78 is 2.38. The molecule has 8 aromatic rings. The van der Waals surface area contributed by atoms with Crippen molar-refractivity contribution in [3.8, 4) is 0 Å². The number of hydrogen-bond acceptors (Lipinski definition) is 4. The number of rotatable bonds is 9. The van der Waals surface area contributed by atoms with Gasteiger partial charge in [-0.1, -0.05) is 139 Å². The molecule has 1 N–H and O–H groups in total. The fourth-order valence-electron chi connectivity index (χ4n) is 6.57. The van der Waals surface area contributed by atoms with Gasteiger partial charge in [0.1, 0.15) is 6.10 Å². The second-order valence-electron chi connectivity index (χ2n) is 12.2. The van der Waals surface area contributed by atoms with Gasteiger partial charge in [0.2, 0.25) is 0 Å². The molecule has 8 rings (SSSR count). The highest BCUT2D eigenvalue weighted by molar-refractivity contribution is 7.99. The summed E-state index contributed by atoms with van der Waals surface area (Å²) >= 11 is 3.50. The molecule has 2 atom stereocenters. The number of ketones is 1. The van der Waals surface area contributed by atoms with Crippen LogP contribution in [0.1, 0.15) is 55.8 Å². The molecular formula is C45H32O2S2. The maximum Gasteiger partial charge on any atom is 0.193 e. The number of aliphatic hydroxyl groups excluding tert-OH is 1. The third-order valence-corrected chi connectivity index (χ3v) is 11.1. The highest BCUT2D eigenvalue weighted by Crippen LogP contribution is 2.40. The van der Waals surface area contributed by atoms with Crippen LogP contribution in [0.25, 0.3) is 20.2 Å². The Kier molecular flexibility index (Phi) is 8.67. The van der Waals surface area contributed by atoms with Crippen molar-refractivity contribution in [3.05, 3.63) is 215 Å². The fraction of sp³-hybridized carbons (Fsp3) is 0.0444. The molecule has 0 aliphatic rings. The zero-order chi connectivity index (χ0) is 33.2. The van der Waals surface area contributed by atoms with Crippen LogP contribution >= 0.6 is 23.1 Å². The summed E-state index contributed by atoms with van der Waals surface area (Å²) in [6, 6.07) is 59.7. The average Bonchev–Trinajstić information content (AvgIpc) is 3.53. The summed E-state index contributed by atoms with van der Waals surface area (Å²) in [5.74, 6) is 0.0332. The van der Waals surface area contributed by atoms with Gasteiger partial charge in [-0.05, 0) is 76.3 Å². The number of fused-ring (bicyclic) bond motifs is 3. The molecule has 0 aliphatic heterocycles. The molecule has 0 amide bonds. The molecule has 0 aliphatic carbocycles. The van der Waals surface area contributed by atoms with Crippen molar-refractivity contribution < 1.29 is 9.90 Å². The smallest absolute Gasteiger partial charge is 0.193 e. The van der Waals surface area contributed by atoms with Crippen molar-refractivity contribution >= 4 is 49.1 Å². The van der Waals surface area contributed by atoms with E-state index in [1.807, 2.05) is 91.0 Å². The summed E-state index contributed by atoms with van der Waals surface area (Å²) in [5.41, 5.74) is 6.68. The molecule has 1 aromatic heterocycles. The third-order valence-electron chi connectivity index (χ3n) is 8.97. The summed E-state index contributed by atoms with van der Waals surface area (Å²) in [5, 5.41) is 13.5. The molecule has 49 heavy (non-hydrogen) atoms. The molecule has 0 saturated heterocycles. The van der Waals surface area contributed by atoms with Gasteiger partial charge in [0.05, 0.1) is 0 Å². The standard InChI is InChI=1S/C45H32O2S2/c46-44(31-14-6-2-7-15-31)35-20-10-18-33(26-35)43(30-12-4-1-5-13-30)34-19-11-21-37(27-34)48-38-23-25-42-40(29-38)39-28-36(22-24-41(39)49-42)45(47)32-16-8-3-9-17-32/h1-29,43-44,46H. The monoisotopic (exact) mass is 668 g/mol. The number of carbonyl (C=O) groups is 1. The van der Waals surface area contributed by atoms with E-state index < -0.39 is 6.10 Å². The number of benzene rings is 7. The van der Waals surface area contributed by atoms with Gasteiger partial charge in [-0.15, -0.1) is 11.3 Å². The first-order chi connectivity index (χ1) is 24.1. The zero-order valence-electron chi connectivity index (χ0n) is 26.6.